The molecule has 0 radical (unpaired) electrons. The molecule has 1 N–H and O–H groups in total. The Morgan fingerprint density at radius 2 is 1.95 bits per heavy atom. The van der Waals surface area contributed by atoms with Crippen LogP contribution in [0.2, 0.25) is 0 Å². The maximum Gasteiger partial charge on any atom is 0.255 e. The number of nitrogens with one attached hydrogen (secondary N) is 1. The van der Waals surface area contributed by atoms with Gasteiger partial charge >= 0.3 is 0 Å². The van der Waals surface area contributed by atoms with Gasteiger partial charge in [0, 0.05) is 10.0 Å². The number of carbonyl (C=O) groups excluding carboxylic acids is 1. The van der Waals surface area contributed by atoms with Gasteiger partial charge < -0.3 is 10.1 Å². The molecule has 2 rings (SSSR count). The third-order valence-electron chi connectivity index (χ3n) is 2.90. The van der Waals surface area contributed by atoms with Gasteiger partial charge in [-0.15, -0.1) is 0 Å². The number of aryl methyl sites for hydroxylation is 1. The number of halogens is 3. The summed E-state index contributed by atoms with van der Waals surface area (Å²) in [6.07, 6.45) is 0. The lowest BCUT2D eigenvalue weighted by Gasteiger charge is -2.14. The molecule has 0 heterocycles. The number of rotatable bonds is 3. The molecule has 1 amide bonds. The second-order valence-corrected chi connectivity index (χ2v) is 6.15. The molecular weight excluding hydrogens is 405 g/mol. The summed E-state index contributed by atoms with van der Waals surface area (Å²) >= 11 is 6.44. The van der Waals surface area contributed by atoms with Crippen molar-refractivity contribution in [2.24, 2.45) is 0 Å². The van der Waals surface area contributed by atoms with Crippen LogP contribution in [0, 0.1) is 12.7 Å². The van der Waals surface area contributed by atoms with E-state index in [0.717, 1.165) is 10.0 Å². The fourth-order valence-corrected chi connectivity index (χ4v) is 2.79. The van der Waals surface area contributed by atoms with E-state index in [4.69, 9.17) is 4.74 Å². The van der Waals surface area contributed by atoms with Crippen LogP contribution in [0.15, 0.2) is 39.3 Å². The van der Waals surface area contributed by atoms with Crippen LogP contribution in [0.4, 0.5) is 10.1 Å². The molecule has 6 heteroatoms. The minimum atomic E-state index is -0.413. The highest BCUT2D eigenvalue weighted by atomic mass is 79.9. The zero-order valence-corrected chi connectivity index (χ0v) is 14.5. The summed E-state index contributed by atoms with van der Waals surface area (Å²) in [6, 6.07) is 7.74. The molecule has 2 aromatic rings. The van der Waals surface area contributed by atoms with Gasteiger partial charge in [0.25, 0.3) is 5.91 Å². The van der Waals surface area contributed by atoms with E-state index in [1.165, 1.54) is 25.3 Å². The number of methoxy groups -OCH3 is 1. The number of hydrogen-bond donors (Lipinski definition) is 1. The van der Waals surface area contributed by atoms with Crippen molar-refractivity contribution < 1.29 is 13.9 Å². The first-order valence-corrected chi connectivity index (χ1v) is 7.61. The molecule has 0 saturated heterocycles. The zero-order chi connectivity index (χ0) is 15.6. The average molecular weight is 417 g/mol. The molecular formula is C15H12Br2FNO2. The van der Waals surface area contributed by atoms with Crippen molar-refractivity contribution in [3.63, 3.8) is 0 Å². The van der Waals surface area contributed by atoms with Crippen molar-refractivity contribution in [1.29, 1.82) is 0 Å². The van der Waals surface area contributed by atoms with E-state index in [0.29, 0.717) is 17.0 Å². The molecule has 0 atom stereocenters. The molecule has 0 aliphatic rings. The SMILES string of the molecule is COc1cc(Br)cc(C)c1NC(=O)c1ccc(F)c(Br)c1. The summed E-state index contributed by atoms with van der Waals surface area (Å²) in [5.41, 5.74) is 1.80. The Kier molecular flexibility index (Phi) is 5.00. The lowest BCUT2D eigenvalue weighted by molar-refractivity contribution is 0.102. The van der Waals surface area contributed by atoms with E-state index in [9.17, 15) is 9.18 Å². The Balaban J connectivity index is 2.33. The number of hydrogen-bond acceptors (Lipinski definition) is 2. The van der Waals surface area contributed by atoms with Crippen molar-refractivity contribution >= 4 is 43.5 Å². The highest BCUT2D eigenvalue weighted by Crippen LogP contribution is 2.32. The van der Waals surface area contributed by atoms with Crippen LogP contribution >= 0.6 is 31.9 Å². The zero-order valence-electron chi connectivity index (χ0n) is 11.3. The van der Waals surface area contributed by atoms with Crippen molar-refractivity contribution in [3.8, 4) is 5.75 Å². The van der Waals surface area contributed by atoms with Gasteiger partial charge in [-0.1, -0.05) is 15.9 Å². The van der Waals surface area contributed by atoms with E-state index in [2.05, 4.69) is 37.2 Å². The summed E-state index contributed by atoms with van der Waals surface area (Å²) in [6.45, 7) is 1.86. The Hall–Kier alpha value is -1.40. The Morgan fingerprint density at radius 1 is 1.24 bits per heavy atom. The number of amides is 1. The fourth-order valence-electron chi connectivity index (χ4n) is 1.86. The van der Waals surface area contributed by atoms with Crippen LogP contribution in [-0.4, -0.2) is 13.0 Å². The maximum absolute atomic E-state index is 13.2. The molecule has 110 valence electrons. The molecule has 2 aromatic carbocycles. The third kappa shape index (κ3) is 3.63. The summed E-state index contributed by atoms with van der Waals surface area (Å²) in [5, 5.41) is 2.79. The largest absolute Gasteiger partial charge is 0.495 e. The fraction of sp³-hybridized carbons (Fsp3) is 0.133. The topological polar surface area (TPSA) is 38.3 Å². The smallest absolute Gasteiger partial charge is 0.255 e. The summed E-state index contributed by atoms with van der Waals surface area (Å²) in [7, 11) is 1.53. The van der Waals surface area contributed by atoms with E-state index >= 15 is 0 Å². The molecule has 0 aromatic heterocycles. The first-order valence-electron chi connectivity index (χ1n) is 6.03. The van der Waals surface area contributed by atoms with Crippen LogP contribution in [-0.2, 0) is 0 Å². The highest BCUT2D eigenvalue weighted by molar-refractivity contribution is 9.10. The molecule has 0 aliphatic heterocycles. The van der Waals surface area contributed by atoms with Crippen LogP contribution in [0.5, 0.6) is 5.75 Å². The summed E-state index contributed by atoms with van der Waals surface area (Å²) < 4.78 is 19.6. The van der Waals surface area contributed by atoms with Crippen LogP contribution in [0.3, 0.4) is 0 Å². The van der Waals surface area contributed by atoms with Crippen molar-refractivity contribution in [2.45, 2.75) is 6.92 Å². The van der Waals surface area contributed by atoms with Crippen molar-refractivity contribution in [1.82, 2.24) is 0 Å². The Morgan fingerprint density at radius 3 is 2.57 bits per heavy atom. The maximum atomic E-state index is 13.2. The Bertz CT molecular complexity index is 704. The number of benzene rings is 2. The van der Waals surface area contributed by atoms with Crippen molar-refractivity contribution in [2.75, 3.05) is 12.4 Å². The van der Waals surface area contributed by atoms with Crippen LogP contribution < -0.4 is 10.1 Å². The molecule has 0 spiro atoms. The standard InChI is InChI=1S/C15H12Br2FNO2/c1-8-5-10(16)7-13(21-2)14(8)19-15(20)9-3-4-12(18)11(17)6-9/h3-7H,1-2H3,(H,19,20). The van der Waals surface area contributed by atoms with Gasteiger partial charge in [0.05, 0.1) is 17.3 Å². The second-order valence-electron chi connectivity index (χ2n) is 4.38. The van der Waals surface area contributed by atoms with Gasteiger partial charge in [-0.25, -0.2) is 4.39 Å². The lowest BCUT2D eigenvalue weighted by Crippen LogP contribution is -2.14. The van der Waals surface area contributed by atoms with Crippen molar-refractivity contribution in [3.05, 3.63) is 56.2 Å². The summed E-state index contributed by atoms with van der Waals surface area (Å²) in [4.78, 5) is 12.3. The molecule has 3 nitrogen and oxygen atoms in total. The van der Waals surface area contributed by atoms with E-state index in [1.54, 1.807) is 6.07 Å². The van der Waals surface area contributed by atoms with E-state index in [-0.39, 0.29) is 10.4 Å². The minimum Gasteiger partial charge on any atom is -0.495 e. The average Bonchev–Trinajstić information content (AvgIpc) is 2.44. The van der Waals surface area contributed by atoms with Crippen LogP contribution in [0.1, 0.15) is 15.9 Å². The second kappa shape index (κ2) is 6.58. The number of anilines is 1. The van der Waals surface area contributed by atoms with Gasteiger partial charge in [-0.2, -0.15) is 0 Å². The molecule has 0 saturated carbocycles. The first kappa shape index (κ1) is 16.0. The molecule has 0 bridgehead atoms. The van der Waals surface area contributed by atoms with Gasteiger partial charge in [-0.3, -0.25) is 4.79 Å². The minimum absolute atomic E-state index is 0.245. The van der Waals surface area contributed by atoms with E-state index in [1.807, 2.05) is 13.0 Å². The van der Waals surface area contributed by atoms with Crippen LogP contribution in [0.25, 0.3) is 0 Å². The molecule has 0 fully saturated rings. The van der Waals surface area contributed by atoms with E-state index < -0.39 is 5.82 Å². The first-order chi connectivity index (χ1) is 9.92. The molecule has 0 aliphatic carbocycles. The summed E-state index contributed by atoms with van der Waals surface area (Å²) in [5.74, 6) is -0.195. The quantitative estimate of drug-likeness (QED) is 0.771. The number of ether oxygens (including phenoxy) is 1. The van der Waals surface area contributed by atoms with Gasteiger partial charge in [-0.05, 0) is 58.7 Å². The number of carbonyl (C=O) groups is 1. The highest BCUT2D eigenvalue weighted by Gasteiger charge is 2.14. The molecule has 0 unspecified atom stereocenters. The third-order valence-corrected chi connectivity index (χ3v) is 3.97. The van der Waals surface area contributed by atoms with Gasteiger partial charge in [0.2, 0.25) is 0 Å². The predicted octanol–water partition coefficient (Wildman–Crippen LogP) is 4.92. The van der Waals surface area contributed by atoms with Gasteiger partial charge in [0.1, 0.15) is 11.6 Å². The molecule has 21 heavy (non-hydrogen) atoms. The predicted molar refractivity (Wildman–Crippen MR) is 87.5 cm³/mol. The normalized spacial score (nSPS) is 10.3. The lowest BCUT2D eigenvalue weighted by atomic mass is 10.1. The monoisotopic (exact) mass is 415 g/mol. The Labute approximate surface area is 138 Å². The van der Waals surface area contributed by atoms with Gasteiger partial charge in [0.15, 0.2) is 0 Å².